The van der Waals surface area contributed by atoms with Gasteiger partial charge in [-0.2, -0.15) is 0 Å². The summed E-state index contributed by atoms with van der Waals surface area (Å²) in [6.07, 6.45) is 3.03. The molecule has 0 spiro atoms. The fourth-order valence-electron chi connectivity index (χ4n) is 2.73. The van der Waals surface area contributed by atoms with E-state index in [1.807, 2.05) is 0 Å². The molecule has 124 valence electrons. The van der Waals surface area contributed by atoms with Crippen molar-refractivity contribution in [3.8, 4) is 0 Å². The standard InChI is InChI=1S/C17H27N3O.HI/c1-3-14(2)20-16(18)19-13-17(9-11-21-12-10-17)15-7-5-4-6-8-15;/h4-8,14H,3,9-13H2,1-2H3,(H3,18,19,20);1H. The number of halogens is 1. The van der Waals surface area contributed by atoms with Crippen LogP contribution in [0.2, 0.25) is 0 Å². The molecular weight excluding hydrogens is 389 g/mol. The lowest BCUT2D eigenvalue weighted by molar-refractivity contribution is 0.0531. The normalized spacial score (nSPS) is 19.1. The Morgan fingerprint density at radius 2 is 1.95 bits per heavy atom. The number of guanidine groups is 1. The highest BCUT2D eigenvalue weighted by atomic mass is 127. The summed E-state index contributed by atoms with van der Waals surface area (Å²) in [5, 5.41) is 3.23. The number of nitrogens with one attached hydrogen (secondary N) is 1. The molecule has 1 fully saturated rings. The lowest BCUT2D eigenvalue weighted by Gasteiger charge is -2.36. The Bertz CT molecular complexity index is 458. The van der Waals surface area contributed by atoms with Crippen LogP contribution in [0.4, 0.5) is 0 Å². The molecule has 0 bridgehead atoms. The monoisotopic (exact) mass is 417 g/mol. The quantitative estimate of drug-likeness (QED) is 0.440. The zero-order valence-corrected chi connectivity index (χ0v) is 15.9. The molecule has 1 aliphatic rings. The maximum atomic E-state index is 6.01. The highest BCUT2D eigenvalue weighted by Crippen LogP contribution is 2.35. The van der Waals surface area contributed by atoms with Crippen LogP contribution in [0.1, 0.15) is 38.7 Å². The number of ether oxygens (including phenoxy) is 1. The van der Waals surface area contributed by atoms with Gasteiger partial charge < -0.3 is 15.8 Å². The van der Waals surface area contributed by atoms with Crippen molar-refractivity contribution < 1.29 is 4.74 Å². The van der Waals surface area contributed by atoms with E-state index < -0.39 is 0 Å². The molecule has 1 atom stereocenters. The molecule has 22 heavy (non-hydrogen) atoms. The second-order valence-corrected chi connectivity index (χ2v) is 5.91. The molecule has 1 aromatic carbocycles. The smallest absolute Gasteiger partial charge is 0.188 e. The van der Waals surface area contributed by atoms with Gasteiger partial charge in [0.1, 0.15) is 0 Å². The van der Waals surface area contributed by atoms with Crippen LogP contribution >= 0.6 is 24.0 Å². The van der Waals surface area contributed by atoms with E-state index in [0.29, 0.717) is 12.0 Å². The van der Waals surface area contributed by atoms with Gasteiger partial charge in [0.15, 0.2) is 5.96 Å². The number of benzene rings is 1. The first-order valence-electron chi connectivity index (χ1n) is 7.86. The minimum Gasteiger partial charge on any atom is -0.381 e. The van der Waals surface area contributed by atoms with E-state index in [1.54, 1.807) is 0 Å². The van der Waals surface area contributed by atoms with E-state index in [9.17, 15) is 0 Å². The summed E-state index contributed by atoms with van der Waals surface area (Å²) in [6.45, 7) is 6.56. The summed E-state index contributed by atoms with van der Waals surface area (Å²) >= 11 is 0. The van der Waals surface area contributed by atoms with Gasteiger partial charge in [-0.15, -0.1) is 24.0 Å². The Balaban J connectivity index is 0.00000242. The van der Waals surface area contributed by atoms with Gasteiger partial charge in [-0.1, -0.05) is 37.3 Å². The molecule has 2 rings (SSSR count). The van der Waals surface area contributed by atoms with Gasteiger partial charge in [-0.25, -0.2) is 0 Å². The summed E-state index contributed by atoms with van der Waals surface area (Å²) < 4.78 is 5.54. The van der Waals surface area contributed by atoms with Gasteiger partial charge in [0.2, 0.25) is 0 Å². The molecule has 0 radical (unpaired) electrons. The molecule has 4 nitrogen and oxygen atoms in total. The van der Waals surface area contributed by atoms with Crippen LogP contribution in [0.5, 0.6) is 0 Å². The Labute approximate surface area is 150 Å². The topological polar surface area (TPSA) is 59.6 Å². The van der Waals surface area contributed by atoms with E-state index in [-0.39, 0.29) is 29.4 Å². The van der Waals surface area contributed by atoms with Crippen molar-refractivity contribution >= 4 is 29.9 Å². The minimum absolute atomic E-state index is 0. The number of hydrogen-bond donors (Lipinski definition) is 2. The minimum atomic E-state index is 0. The highest BCUT2D eigenvalue weighted by Gasteiger charge is 2.34. The fourth-order valence-corrected chi connectivity index (χ4v) is 2.73. The van der Waals surface area contributed by atoms with Crippen LogP contribution in [0, 0.1) is 0 Å². The summed E-state index contributed by atoms with van der Waals surface area (Å²) in [7, 11) is 0. The van der Waals surface area contributed by atoms with Crippen LogP contribution in [0.3, 0.4) is 0 Å². The Morgan fingerprint density at radius 3 is 2.55 bits per heavy atom. The Kier molecular flexibility index (Phi) is 8.17. The van der Waals surface area contributed by atoms with Crippen molar-refractivity contribution in [2.24, 2.45) is 10.7 Å². The number of aliphatic imine (C=N–C) groups is 1. The molecule has 0 aromatic heterocycles. The van der Waals surface area contributed by atoms with Crippen molar-refractivity contribution in [3.05, 3.63) is 35.9 Å². The van der Waals surface area contributed by atoms with Crippen LogP contribution in [0.25, 0.3) is 0 Å². The Hall–Kier alpha value is -0.820. The Morgan fingerprint density at radius 1 is 1.32 bits per heavy atom. The van der Waals surface area contributed by atoms with Gasteiger partial charge in [-0.05, 0) is 31.7 Å². The second-order valence-electron chi connectivity index (χ2n) is 5.91. The van der Waals surface area contributed by atoms with Crippen molar-refractivity contribution in [2.75, 3.05) is 19.8 Å². The molecule has 1 saturated heterocycles. The number of hydrogen-bond acceptors (Lipinski definition) is 2. The van der Waals surface area contributed by atoms with Crippen molar-refractivity contribution in [1.82, 2.24) is 5.32 Å². The van der Waals surface area contributed by atoms with Crippen molar-refractivity contribution in [1.29, 1.82) is 0 Å². The molecule has 5 heteroatoms. The molecule has 1 heterocycles. The van der Waals surface area contributed by atoms with Crippen molar-refractivity contribution in [3.63, 3.8) is 0 Å². The third-order valence-electron chi connectivity index (χ3n) is 4.39. The van der Waals surface area contributed by atoms with Crippen LogP contribution in [-0.2, 0) is 10.2 Å². The average molecular weight is 417 g/mol. The lowest BCUT2D eigenvalue weighted by atomic mass is 9.74. The van der Waals surface area contributed by atoms with Gasteiger partial charge in [-0.3, -0.25) is 4.99 Å². The summed E-state index contributed by atoms with van der Waals surface area (Å²) in [5.74, 6) is 0.547. The summed E-state index contributed by atoms with van der Waals surface area (Å²) in [5.41, 5.74) is 7.41. The van der Waals surface area contributed by atoms with E-state index in [0.717, 1.165) is 39.0 Å². The summed E-state index contributed by atoms with van der Waals surface area (Å²) in [6, 6.07) is 11.0. The van der Waals surface area contributed by atoms with Crippen LogP contribution in [0.15, 0.2) is 35.3 Å². The zero-order chi connectivity index (χ0) is 15.1. The first-order chi connectivity index (χ1) is 10.2. The molecule has 0 amide bonds. The molecular formula is C17H28IN3O. The molecule has 0 saturated carbocycles. The zero-order valence-electron chi connectivity index (χ0n) is 13.5. The van der Waals surface area contributed by atoms with Crippen molar-refractivity contribution in [2.45, 2.75) is 44.6 Å². The number of nitrogens with zero attached hydrogens (tertiary/aromatic N) is 1. The van der Waals surface area contributed by atoms with Crippen LogP contribution in [-0.4, -0.2) is 31.8 Å². The van der Waals surface area contributed by atoms with Gasteiger partial charge >= 0.3 is 0 Å². The van der Waals surface area contributed by atoms with E-state index >= 15 is 0 Å². The first-order valence-corrected chi connectivity index (χ1v) is 7.86. The highest BCUT2D eigenvalue weighted by molar-refractivity contribution is 14.0. The molecule has 1 unspecified atom stereocenters. The summed E-state index contributed by atoms with van der Waals surface area (Å²) in [4.78, 5) is 4.61. The number of rotatable bonds is 5. The largest absolute Gasteiger partial charge is 0.381 e. The molecule has 3 N–H and O–H groups in total. The van der Waals surface area contributed by atoms with Crippen LogP contribution < -0.4 is 11.1 Å². The third-order valence-corrected chi connectivity index (χ3v) is 4.39. The molecule has 1 aliphatic heterocycles. The predicted octanol–water partition coefficient (Wildman–Crippen LogP) is 3.06. The number of nitrogens with two attached hydrogens (primary N) is 1. The SMILES string of the molecule is CCC(C)NC(N)=NCC1(c2ccccc2)CCOCC1.I. The van der Waals surface area contributed by atoms with E-state index in [1.165, 1.54) is 5.56 Å². The lowest BCUT2D eigenvalue weighted by Crippen LogP contribution is -2.41. The molecule has 1 aromatic rings. The predicted molar refractivity (Wildman–Crippen MR) is 103 cm³/mol. The van der Waals surface area contributed by atoms with Gasteiger partial charge in [0.25, 0.3) is 0 Å². The van der Waals surface area contributed by atoms with Gasteiger partial charge in [0.05, 0.1) is 6.54 Å². The second kappa shape index (κ2) is 9.35. The van der Waals surface area contributed by atoms with Gasteiger partial charge in [0, 0.05) is 24.7 Å². The van der Waals surface area contributed by atoms with E-state index in [4.69, 9.17) is 10.5 Å². The van der Waals surface area contributed by atoms with E-state index in [2.05, 4.69) is 54.5 Å². The maximum Gasteiger partial charge on any atom is 0.188 e. The first kappa shape index (κ1) is 19.2. The molecule has 0 aliphatic carbocycles. The third kappa shape index (κ3) is 5.12. The average Bonchev–Trinajstić information content (AvgIpc) is 2.54. The maximum absolute atomic E-state index is 6.01. The fraction of sp³-hybridized carbons (Fsp3) is 0.588.